The Morgan fingerprint density at radius 1 is 1.06 bits per heavy atom. The zero-order chi connectivity index (χ0) is 13.0. The van der Waals surface area contributed by atoms with E-state index in [0.29, 0.717) is 0 Å². The summed E-state index contributed by atoms with van der Waals surface area (Å²) >= 11 is 0. The Labute approximate surface area is 108 Å². The number of aliphatic hydroxyl groups excluding tert-OH is 1. The Morgan fingerprint density at radius 3 is 2.39 bits per heavy atom. The summed E-state index contributed by atoms with van der Waals surface area (Å²) in [6, 6.07) is 15.5. The van der Waals surface area contributed by atoms with Crippen LogP contribution in [0.5, 0.6) is 11.5 Å². The Balaban J connectivity index is 2.11. The van der Waals surface area contributed by atoms with Crippen molar-refractivity contribution in [3.05, 3.63) is 59.7 Å². The largest absolute Gasteiger partial charge is 0.457 e. The van der Waals surface area contributed by atoms with Crippen LogP contribution in [-0.4, -0.2) is 5.11 Å². The van der Waals surface area contributed by atoms with E-state index in [0.717, 1.165) is 23.5 Å². The van der Waals surface area contributed by atoms with Crippen LogP contribution in [-0.2, 0) is 0 Å². The van der Waals surface area contributed by atoms with Crippen LogP contribution in [0.15, 0.2) is 48.5 Å². The second-order valence-corrected chi connectivity index (χ2v) is 4.41. The van der Waals surface area contributed by atoms with Gasteiger partial charge in [0.2, 0.25) is 0 Å². The maximum absolute atomic E-state index is 9.71. The molecule has 0 amide bonds. The van der Waals surface area contributed by atoms with Gasteiger partial charge < -0.3 is 9.84 Å². The first-order chi connectivity index (χ1) is 8.69. The number of rotatable bonds is 4. The van der Waals surface area contributed by atoms with Crippen LogP contribution in [0.3, 0.4) is 0 Å². The molecule has 0 spiro atoms. The number of hydrogen-bond donors (Lipinski definition) is 1. The minimum Gasteiger partial charge on any atom is -0.457 e. The predicted octanol–water partition coefficient (Wildman–Crippen LogP) is 4.23. The van der Waals surface area contributed by atoms with Gasteiger partial charge in [-0.15, -0.1) is 0 Å². The van der Waals surface area contributed by atoms with Crippen LogP contribution in [0.25, 0.3) is 0 Å². The highest BCUT2D eigenvalue weighted by atomic mass is 16.5. The number of benzene rings is 2. The predicted molar refractivity (Wildman–Crippen MR) is 72.9 cm³/mol. The van der Waals surface area contributed by atoms with E-state index in [-0.39, 0.29) is 0 Å². The molecule has 0 radical (unpaired) electrons. The normalized spacial score (nSPS) is 12.2. The van der Waals surface area contributed by atoms with Gasteiger partial charge in [-0.3, -0.25) is 0 Å². The molecule has 0 saturated carbocycles. The van der Waals surface area contributed by atoms with Crippen molar-refractivity contribution in [2.24, 2.45) is 0 Å². The molecule has 0 heterocycles. The Bertz CT molecular complexity index is 503. The van der Waals surface area contributed by atoms with E-state index in [1.165, 1.54) is 5.56 Å². The van der Waals surface area contributed by atoms with Gasteiger partial charge in [0.15, 0.2) is 0 Å². The summed E-state index contributed by atoms with van der Waals surface area (Å²) in [7, 11) is 0. The zero-order valence-electron chi connectivity index (χ0n) is 10.8. The highest BCUT2D eigenvalue weighted by Crippen LogP contribution is 2.24. The van der Waals surface area contributed by atoms with E-state index >= 15 is 0 Å². The van der Waals surface area contributed by atoms with Crippen molar-refractivity contribution in [1.82, 2.24) is 0 Å². The molecule has 0 fully saturated rings. The molecule has 1 atom stereocenters. The third-order valence-corrected chi connectivity index (χ3v) is 2.88. The van der Waals surface area contributed by atoms with E-state index in [1.807, 2.05) is 62.4 Å². The molecule has 0 aliphatic heterocycles. The van der Waals surface area contributed by atoms with Crippen LogP contribution in [0.1, 0.15) is 30.6 Å². The number of ether oxygens (including phenoxy) is 1. The average Bonchev–Trinajstić information content (AvgIpc) is 2.39. The minimum absolute atomic E-state index is 0.391. The first-order valence-electron chi connectivity index (χ1n) is 6.21. The lowest BCUT2D eigenvalue weighted by molar-refractivity contribution is 0.173. The highest BCUT2D eigenvalue weighted by Gasteiger charge is 2.04. The molecule has 0 aliphatic carbocycles. The van der Waals surface area contributed by atoms with Gasteiger partial charge in [-0.05, 0) is 48.7 Å². The Kier molecular flexibility index (Phi) is 4.00. The van der Waals surface area contributed by atoms with Gasteiger partial charge in [0.25, 0.3) is 0 Å². The van der Waals surface area contributed by atoms with Crippen molar-refractivity contribution in [1.29, 1.82) is 0 Å². The molecule has 2 aromatic rings. The zero-order valence-corrected chi connectivity index (χ0v) is 10.8. The molecule has 0 saturated heterocycles. The van der Waals surface area contributed by atoms with Crippen molar-refractivity contribution >= 4 is 0 Å². The Hall–Kier alpha value is -1.80. The SMILES string of the molecule is CC[C@H](O)c1ccc(Oc2cccc(C)c2)cc1. The van der Waals surface area contributed by atoms with E-state index < -0.39 is 6.10 Å². The van der Waals surface area contributed by atoms with Crippen LogP contribution in [0.4, 0.5) is 0 Å². The van der Waals surface area contributed by atoms with E-state index in [1.54, 1.807) is 0 Å². The molecule has 0 bridgehead atoms. The van der Waals surface area contributed by atoms with Gasteiger partial charge in [-0.1, -0.05) is 31.2 Å². The molecule has 2 rings (SSSR count). The summed E-state index contributed by atoms with van der Waals surface area (Å²) < 4.78 is 5.75. The molecule has 2 nitrogen and oxygen atoms in total. The summed E-state index contributed by atoms with van der Waals surface area (Å²) in [4.78, 5) is 0. The monoisotopic (exact) mass is 242 g/mol. The highest BCUT2D eigenvalue weighted by molar-refractivity contribution is 5.35. The fourth-order valence-corrected chi connectivity index (χ4v) is 1.81. The smallest absolute Gasteiger partial charge is 0.127 e. The lowest BCUT2D eigenvalue weighted by Gasteiger charge is -2.10. The summed E-state index contributed by atoms with van der Waals surface area (Å²) in [5.41, 5.74) is 2.10. The molecule has 2 aromatic carbocycles. The van der Waals surface area contributed by atoms with Gasteiger partial charge in [0.05, 0.1) is 6.10 Å². The molecule has 1 N–H and O–H groups in total. The first kappa shape index (κ1) is 12.7. The lowest BCUT2D eigenvalue weighted by atomic mass is 10.1. The second kappa shape index (κ2) is 5.69. The maximum atomic E-state index is 9.71. The number of aryl methyl sites for hydroxylation is 1. The minimum atomic E-state index is -0.391. The van der Waals surface area contributed by atoms with Crippen LogP contribution in [0, 0.1) is 6.92 Å². The average molecular weight is 242 g/mol. The van der Waals surface area contributed by atoms with E-state index in [9.17, 15) is 5.11 Å². The van der Waals surface area contributed by atoms with Crippen molar-refractivity contribution in [3.63, 3.8) is 0 Å². The number of aliphatic hydroxyl groups is 1. The summed E-state index contributed by atoms with van der Waals surface area (Å²) in [5.74, 6) is 1.62. The topological polar surface area (TPSA) is 29.5 Å². The van der Waals surface area contributed by atoms with Gasteiger partial charge in [0.1, 0.15) is 11.5 Å². The molecule has 0 aliphatic rings. The Morgan fingerprint density at radius 2 is 1.78 bits per heavy atom. The van der Waals surface area contributed by atoms with Gasteiger partial charge in [-0.25, -0.2) is 0 Å². The molecule has 18 heavy (non-hydrogen) atoms. The fourth-order valence-electron chi connectivity index (χ4n) is 1.81. The molecule has 94 valence electrons. The fraction of sp³-hybridized carbons (Fsp3) is 0.250. The van der Waals surface area contributed by atoms with Crippen molar-refractivity contribution in [2.45, 2.75) is 26.4 Å². The molecular formula is C16H18O2. The van der Waals surface area contributed by atoms with Crippen LogP contribution >= 0.6 is 0 Å². The first-order valence-corrected chi connectivity index (χ1v) is 6.21. The summed E-state index contributed by atoms with van der Waals surface area (Å²) in [6.07, 6.45) is 0.330. The molecule has 0 unspecified atom stereocenters. The van der Waals surface area contributed by atoms with Crippen molar-refractivity contribution in [3.8, 4) is 11.5 Å². The van der Waals surface area contributed by atoms with Crippen LogP contribution < -0.4 is 4.74 Å². The van der Waals surface area contributed by atoms with Crippen molar-refractivity contribution in [2.75, 3.05) is 0 Å². The standard InChI is InChI=1S/C16H18O2/c1-3-16(17)13-7-9-14(10-8-13)18-15-6-4-5-12(2)11-15/h4-11,16-17H,3H2,1-2H3/t16-/m0/s1. The van der Waals surface area contributed by atoms with Gasteiger partial charge in [-0.2, -0.15) is 0 Å². The van der Waals surface area contributed by atoms with Crippen molar-refractivity contribution < 1.29 is 9.84 Å². The third-order valence-electron chi connectivity index (χ3n) is 2.88. The second-order valence-electron chi connectivity index (χ2n) is 4.41. The molecule has 0 aromatic heterocycles. The third kappa shape index (κ3) is 3.11. The maximum Gasteiger partial charge on any atom is 0.127 e. The molecule has 2 heteroatoms. The lowest BCUT2D eigenvalue weighted by Crippen LogP contribution is -1.94. The summed E-state index contributed by atoms with van der Waals surface area (Å²) in [5, 5.41) is 9.71. The van der Waals surface area contributed by atoms with Crippen LogP contribution in [0.2, 0.25) is 0 Å². The van der Waals surface area contributed by atoms with Gasteiger partial charge in [0, 0.05) is 0 Å². The van der Waals surface area contributed by atoms with E-state index in [2.05, 4.69) is 0 Å². The van der Waals surface area contributed by atoms with Gasteiger partial charge >= 0.3 is 0 Å². The summed E-state index contributed by atoms with van der Waals surface area (Å²) in [6.45, 7) is 4.00. The quantitative estimate of drug-likeness (QED) is 0.869. The molecular weight excluding hydrogens is 224 g/mol. The number of hydrogen-bond acceptors (Lipinski definition) is 2. The van der Waals surface area contributed by atoms with E-state index in [4.69, 9.17) is 4.74 Å².